The van der Waals surface area contributed by atoms with Crippen LogP contribution in [0.25, 0.3) is 22.5 Å². The molecule has 4 heteroatoms. The van der Waals surface area contributed by atoms with Crippen molar-refractivity contribution in [2.75, 3.05) is 0 Å². The number of H-pyrrole nitrogens is 1. The molecule has 0 atom stereocenters. The SMILES string of the molecule is Cc1ccc(-c2cc(-c3cccc(O)c3)nc(=O)[nH]2)cc1. The molecule has 2 aromatic carbocycles. The molecule has 0 fully saturated rings. The largest absolute Gasteiger partial charge is 0.508 e. The highest BCUT2D eigenvalue weighted by Gasteiger charge is 2.06. The standard InChI is InChI=1S/C17H14N2O2/c1-11-5-7-12(8-6-11)15-10-16(19-17(21)18-15)13-3-2-4-14(20)9-13/h2-10,20H,1H3,(H,18,19,21). The molecule has 0 saturated heterocycles. The fraction of sp³-hybridized carbons (Fsp3) is 0.0588. The molecular formula is C17H14N2O2. The zero-order valence-corrected chi connectivity index (χ0v) is 11.5. The number of hydrogen-bond acceptors (Lipinski definition) is 3. The van der Waals surface area contributed by atoms with E-state index in [-0.39, 0.29) is 5.75 Å². The molecule has 0 aliphatic carbocycles. The highest BCUT2D eigenvalue weighted by molar-refractivity contribution is 5.68. The maximum atomic E-state index is 11.8. The molecule has 0 amide bonds. The quantitative estimate of drug-likeness (QED) is 0.757. The topological polar surface area (TPSA) is 66.0 Å². The van der Waals surface area contributed by atoms with E-state index in [2.05, 4.69) is 9.97 Å². The highest BCUT2D eigenvalue weighted by atomic mass is 16.3. The second-order valence-corrected chi connectivity index (χ2v) is 4.90. The molecule has 2 N–H and O–H groups in total. The van der Waals surface area contributed by atoms with Gasteiger partial charge in [-0.2, -0.15) is 4.98 Å². The summed E-state index contributed by atoms with van der Waals surface area (Å²) in [5.41, 5.74) is 3.60. The van der Waals surface area contributed by atoms with Crippen molar-refractivity contribution in [2.45, 2.75) is 6.92 Å². The summed E-state index contributed by atoms with van der Waals surface area (Å²) in [7, 11) is 0. The van der Waals surface area contributed by atoms with Crippen LogP contribution in [-0.2, 0) is 0 Å². The number of aromatic amines is 1. The van der Waals surface area contributed by atoms with Crippen LogP contribution in [0.3, 0.4) is 0 Å². The molecule has 104 valence electrons. The van der Waals surface area contributed by atoms with E-state index in [0.29, 0.717) is 17.0 Å². The van der Waals surface area contributed by atoms with Crippen LogP contribution >= 0.6 is 0 Å². The van der Waals surface area contributed by atoms with E-state index >= 15 is 0 Å². The van der Waals surface area contributed by atoms with Crippen LogP contribution in [0.15, 0.2) is 59.4 Å². The lowest BCUT2D eigenvalue weighted by Gasteiger charge is -2.06. The normalized spacial score (nSPS) is 10.5. The Labute approximate surface area is 121 Å². The molecule has 1 heterocycles. The Morgan fingerprint density at radius 3 is 2.48 bits per heavy atom. The van der Waals surface area contributed by atoms with E-state index in [0.717, 1.165) is 11.1 Å². The van der Waals surface area contributed by atoms with Gasteiger partial charge in [-0.1, -0.05) is 42.0 Å². The van der Waals surface area contributed by atoms with Gasteiger partial charge in [-0.05, 0) is 30.7 Å². The second-order valence-electron chi connectivity index (χ2n) is 4.90. The van der Waals surface area contributed by atoms with Gasteiger partial charge in [-0.3, -0.25) is 0 Å². The predicted octanol–water partition coefficient (Wildman–Crippen LogP) is 3.12. The third-order valence-corrected chi connectivity index (χ3v) is 3.25. The number of nitrogens with one attached hydrogen (secondary N) is 1. The van der Waals surface area contributed by atoms with Crippen molar-refractivity contribution in [3.63, 3.8) is 0 Å². The molecule has 0 aliphatic rings. The number of hydrogen-bond donors (Lipinski definition) is 2. The first-order chi connectivity index (χ1) is 10.1. The van der Waals surface area contributed by atoms with E-state index in [1.165, 1.54) is 0 Å². The summed E-state index contributed by atoms with van der Waals surface area (Å²) in [5, 5.41) is 9.55. The number of aromatic hydroxyl groups is 1. The van der Waals surface area contributed by atoms with E-state index in [1.54, 1.807) is 30.3 Å². The van der Waals surface area contributed by atoms with Crippen LogP contribution in [-0.4, -0.2) is 15.1 Å². The molecule has 0 aliphatic heterocycles. The fourth-order valence-corrected chi connectivity index (χ4v) is 2.16. The zero-order chi connectivity index (χ0) is 14.8. The monoisotopic (exact) mass is 278 g/mol. The fourth-order valence-electron chi connectivity index (χ4n) is 2.16. The van der Waals surface area contributed by atoms with Gasteiger partial charge in [-0.25, -0.2) is 4.79 Å². The summed E-state index contributed by atoms with van der Waals surface area (Å²) >= 11 is 0. The van der Waals surface area contributed by atoms with Gasteiger partial charge in [0.2, 0.25) is 0 Å². The number of benzene rings is 2. The van der Waals surface area contributed by atoms with Crippen LogP contribution in [0.2, 0.25) is 0 Å². The summed E-state index contributed by atoms with van der Waals surface area (Å²) in [6.45, 7) is 2.01. The lowest BCUT2D eigenvalue weighted by Crippen LogP contribution is -2.11. The molecule has 1 aromatic heterocycles. The average Bonchev–Trinajstić information content (AvgIpc) is 2.47. The van der Waals surface area contributed by atoms with Gasteiger partial charge in [0, 0.05) is 5.56 Å². The van der Waals surface area contributed by atoms with Crippen molar-refractivity contribution >= 4 is 0 Å². The molecule has 0 unspecified atom stereocenters. The number of aryl methyl sites for hydroxylation is 1. The molecule has 21 heavy (non-hydrogen) atoms. The predicted molar refractivity (Wildman–Crippen MR) is 82.1 cm³/mol. The first kappa shape index (κ1) is 13.1. The Kier molecular flexibility index (Phi) is 3.28. The highest BCUT2D eigenvalue weighted by Crippen LogP contribution is 2.24. The molecule has 3 rings (SSSR count). The molecule has 0 bridgehead atoms. The Bertz CT molecular complexity index is 836. The Hall–Kier alpha value is -2.88. The zero-order valence-electron chi connectivity index (χ0n) is 11.5. The van der Waals surface area contributed by atoms with Crippen LogP contribution in [0, 0.1) is 6.92 Å². The van der Waals surface area contributed by atoms with Gasteiger partial charge >= 0.3 is 5.69 Å². The van der Waals surface area contributed by atoms with Crippen molar-refractivity contribution in [2.24, 2.45) is 0 Å². The number of nitrogens with zero attached hydrogens (tertiary/aromatic N) is 1. The van der Waals surface area contributed by atoms with E-state index in [4.69, 9.17) is 0 Å². The summed E-state index contributed by atoms with van der Waals surface area (Å²) in [6, 6.07) is 16.4. The number of rotatable bonds is 2. The Balaban J connectivity index is 2.12. The number of phenolic OH excluding ortho intramolecular Hbond substituents is 1. The number of phenols is 1. The molecular weight excluding hydrogens is 264 g/mol. The molecule has 0 spiro atoms. The first-order valence-corrected chi connectivity index (χ1v) is 6.60. The van der Waals surface area contributed by atoms with Gasteiger partial charge in [-0.15, -0.1) is 0 Å². The van der Waals surface area contributed by atoms with Gasteiger partial charge in [0.15, 0.2) is 0 Å². The van der Waals surface area contributed by atoms with E-state index in [1.807, 2.05) is 31.2 Å². The molecule has 3 aromatic rings. The molecule has 4 nitrogen and oxygen atoms in total. The summed E-state index contributed by atoms with van der Waals surface area (Å²) in [6.07, 6.45) is 0. The lowest BCUT2D eigenvalue weighted by atomic mass is 10.1. The van der Waals surface area contributed by atoms with Crippen LogP contribution < -0.4 is 5.69 Å². The maximum Gasteiger partial charge on any atom is 0.345 e. The molecule has 0 radical (unpaired) electrons. The minimum Gasteiger partial charge on any atom is -0.508 e. The van der Waals surface area contributed by atoms with E-state index in [9.17, 15) is 9.90 Å². The second kappa shape index (κ2) is 5.25. The van der Waals surface area contributed by atoms with Crippen LogP contribution in [0.1, 0.15) is 5.56 Å². The lowest BCUT2D eigenvalue weighted by molar-refractivity contribution is 0.475. The van der Waals surface area contributed by atoms with Crippen molar-refractivity contribution in [1.82, 2.24) is 9.97 Å². The van der Waals surface area contributed by atoms with Crippen LogP contribution in [0.4, 0.5) is 0 Å². The summed E-state index contributed by atoms with van der Waals surface area (Å²) < 4.78 is 0. The van der Waals surface area contributed by atoms with Gasteiger partial charge in [0.1, 0.15) is 5.75 Å². The van der Waals surface area contributed by atoms with Gasteiger partial charge < -0.3 is 10.1 Å². The third-order valence-electron chi connectivity index (χ3n) is 3.25. The van der Waals surface area contributed by atoms with Gasteiger partial charge in [0.05, 0.1) is 11.4 Å². The minimum atomic E-state index is -0.411. The van der Waals surface area contributed by atoms with Crippen molar-refractivity contribution in [1.29, 1.82) is 0 Å². The Morgan fingerprint density at radius 1 is 1.00 bits per heavy atom. The summed E-state index contributed by atoms with van der Waals surface area (Å²) in [4.78, 5) is 18.5. The maximum absolute atomic E-state index is 11.8. The van der Waals surface area contributed by atoms with Crippen molar-refractivity contribution in [3.05, 3.63) is 70.6 Å². The first-order valence-electron chi connectivity index (χ1n) is 6.60. The smallest absolute Gasteiger partial charge is 0.345 e. The third kappa shape index (κ3) is 2.84. The number of aromatic nitrogens is 2. The minimum absolute atomic E-state index is 0.145. The Morgan fingerprint density at radius 2 is 1.76 bits per heavy atom. The van der Waals surface area contributed by atoms with Crippen molar-refractivity contribution in [3.8, 4) is 28.3 Å². The van der Waals surface area contributed by atoms with Gasteiger partial charge in [0.25, 0.3) is 0 Å². The van der Waals surface area contributed by atoms with E-state index < -0.39 is 5.69 Å². The van der Waals surface area contributed by atoms with Crippen molar-refractivity contribution < 1.29 is 5.11 Å². The summed E-state index contributed by atoms with van der Waals surface area (Å²) in [5.74, 6) is 0.145. The molecule has 0 saturated carbocycles. The van der Waals surface area contributed by atoms with Crippen LogP contribution in [0.5, 0.6) is 5.75 Å². The average molecular weight is 278 g/mol.